The van der Waals surface area contributed by atoms with Crippen LogP contribution in [-0.4, -0.2) is 6.65 Å². The molecule has 0 radical (unpaired) electrons. The molecule has 4 aromatic rings. The van der Waals surface area contributed by atoms with Crippen molar-refractivity contribution in [1.82, 2.24) is 0 Å². The first-order valence-electron chi connectivity index (χ1n) is 18.0. The van der Waals surface area contributed by atoms with E-state index in [4.69, 9.17) is 17.0 Å². The van der Waals surface area contributed by atoms with Crippen molar-refractivity contribution in [2.45, 2.75) is 99.3 Å². The van der Waals surface area contributed by atoms with Crippen molar-refractivity contribution in [3.8, 4) is 22.3 Å². The average molecular weight is 772 g/mol. The molecule has 2 unspecified atom stereocenters. The molecule has 0 amide bonds. The van der Waals surface area contributed by atoms with Crippen LogP contribution < -0.4 is 0 Å². The van der Waals surface area contributed by atoms with Gasteiger partial charge in [0.05, 0.1) is 0 Å². The van der Waals surface area contributed by atoms with Gasteiger partial charge in [0.25, 0.3) is 0 Å². The van der Waals surface area contributed by atoms with E-state index in [9.17, 15) is 0 Å². The number of fused-ring (bicyclic) bond motifs is 2. The third-order valence-electron chi connectivity index (χ3n) is 11.1. The Balaban J connectivity index is 1.49. The van der Waals surface area contributed by atoms with Crippen molar-refractivity contribution in [2.75, 3.05) is 0 Å². The summed E-state index contributed by atoms with van der Waals surface area (Å²) in [6.07, 6.45) is 7.02. The zero-order valence-corrected chi connectivity index (χ0v) is 35.9. The summed E-state index contributed by atoms with van der Waals surface area (Å²) in [6, 6.07) is 33.3. The van der Waals surface area contributed by atoms with Gasteiger partial charge >= 0.3 is 302 Å². The van der Waals surface area contributed by atoms with E-state index in [0.717, 1.165) is 12.8 Å². The summed E-state index contributed by atoms with van der Waals surface area (Å²) in [4.78, 5) is 0. The molecular weight excluding hydrogens is 719 g/mol. The van der Waals surface area contributed by atoms with Gasteiger partial charge in [-0.2, -0.15) is 0 Å². The van der Waals surface area contributed by atoms with E-state index in [1.165, 1.54) is 72.8 Å². The average Bonchev–Trinajstić information content (AvgIpc) is 3.62. The van der Waals surface area contributed by atoms with E-state index in [1.54, 1.807) is 0 Å². The Hall–Kier alpha value is -1.96. The Morgan fingerprint density at radius 3 is 1.52 bits per heavy atom. The topological polar surface area (TPSA) is 0 Å². The molecule has 0 saturated carbocycles. The van der Waals surface area contributed by atoms with Crippen molar-refractivity contribution in [2.24, 2.45) is 0 Å². The first-order chi connectivity index (χ1) is 22.6. The van der Waals surface area contributed by atoms with Gasteiger partial charge < -0.3 is 0 Å². The molecule has 0 N–H and O–H groups in total. The van der Waals surface area contributed by atoms with E-state index in [1.807, 2.05) is 0 Å². The number of hydrogen-bond acceptors (Lipinski definition) is 0. The minimum atomic E-state index is -4.70. The maximum atomic E-state index is 8.60. The van der Waals surface area contributed by atoms with Crippen LogP contribution >= 0.6 is 17.0 Å². The van der Waals surface area contributed by atoms with Gasteiger partial charge in [0.1, 0.15) is 0 Å². The number of benzene rings is 4. The second-order valence-electron chi connectivity index (χ2n) is 16.6. The minimum absolute atomic E-state index is 0.123. The molecule has 2 aliphatic rings. The molecule has 0 bridgehead atoms. The van der Waals surface area contributed by atoms with Crippen LogP contribution in [0.5, 0.6) is 0 Å². The number of halogens is 2. The number of hydrogen-bond donors (Lipinski definition) is 0. The van der Waals surface area contributed by atoms with E-state index in [0.29, 0.717) is 0 Å². The third-order valence-corrected chi connectivity index (χ3v) is 48.9. The van der Waals surface area contributed by atoms with Crippen molar-refractivity contribution in [3.05, 3.63) is 129 Å². The molecule has 4 heteroatoms. The molecule has 2 atom stereocenters. The van der Waals surface area contributed by atoms with Gasteiger partial charge in [-0.1, -0.05) is 0 Å². The zero-order valence-electron chi connectivity index (χ0n) is 30.5. The predicted molar refractivity (Wildman–Crippen MR) is 214 cm³/mol. The monoisotopic (exact) mass is 769 g/mol. The standard InChI is InChI=1S/C21H23.C20H21.C3H9Si.2ClH.Zr/c1-5-15-13-17-7-6-8-19(20(17)14-15)16-9-11-18(12-10-16)21(2,3)4;1-14-12-16-6-5-7-18(19(16)13-14)15-8-10-17(11-9-15)20(2,3)4;1-2-3-4;;;/h6-14H,5H2,1-4H3;5-13H,1-4H3;2-4H2,1H3;2*1H;/q;;;;;+2/p-2. The molecular formula is C44H53Cl2SiZr. The van der Waals surface area contributed by atoms with Gasteiger partial charge in [0.15, 0.2) is 0 Å². The van der Waals surface area contributed by atoms with Gasteiger partial charge in [0.2, 0.25) is 0 Å². The molecule has 0 saturated heterocycles. The normalized spacial score (nSPS) is 18.8. The molecule has 0 nitrogen and oxygen atoms in total. The fraction of sp³-hybridized carbons (Fsp3) is 0.364. The third kappa shape index (κ3) is 6.27. The van der Waals surface area contributed by atoms with Crippen LogP contribution in [0.2, 0.25) is 6.04 Å². The van der Waals surface area contributed by atoms with Crippen LogP contribution in [0.15, 0.2) is 96.1 Å². The van der Waals surface area contributed by atoms with Crippen molar-refractivity contribution >= 4 is 35.8 Å². The molecule has 0 heterocycles. The van der Waals surface area contributed by atoms with Crippen LogP contribution in [0.1, 0.15) is 116 Å². The fourth-order valence-electron chi connectivity index (χ4n) is 8.57. The first-order valence-corrected chi connectivity index (χ1v) is 34.1. The van der Waals surface area contributed by atoms with E-state index < -0.39 is 22.2 Å². The quantitative estimate of drug-likeness (QED) is 0.157. The molecule has 0 aromatic heterocycles. The van der Waals surface area contributed by atoms with Gasteiger partial charge in [0, 0.05) is 0 Å². The summed E-state index contributed by atoms with van der Waals surface area (Å²) in [7, 11) is 17.2. The maximum absolute atomic E-state index is 8.60. The molecule has 2 aliphatic carbocycles. The summed E-state index contributed by atoms with van der Waals surface area (Å²) >= 11 is -4.70. The van der Waals surface area contributed by atoms with Gasteiger partial charge in [-0.25, -0.2) is 0 Å². The Kier molecular flexibility index (Phi) is 9.69. The van der Waals surface area contributed by atoms with Crippen LogP contribution in [0.3, 0.4) is 0 Å². The summed E-state index contributed by atoms with van der Waals surface area (Å²) in [5, 5.41) is 0. The molecule has 0 aliphatic heterocycles. The summed E-state index contributed by atoms with van der Waals surface area (Å²) in [6.45, 7) is 19.8. The fourth-order valence-corrected chi connectivity index (χ4v) is 49.5. The van der Waals surface area contributed by atoms with Gasteiger partial charge in [-0.05, 0) is 0 Å². The molecule has 0 fully saturated rings. The van der Waals surface area contributed by atoms with E-state index in [-0.39, 0.29) is 18.1 Å². The van der Waals surface area contributed by atoms with Crippen LogP contribution in [0.4, 0.5) is 0 Å². The Morgan fingerprint density at radius 2 is 1.08 bits per heavy atom. The SMILES string of the molecule is CCC[SiH2][Zr]([Cl])([Cl])([CH]1C(C)=Cc2c(-c3ccc(C(C)(C)C)cc3)cccc21)[CH]1C(CC)=Cc2c(-c3ccc(C(C)(C)C)cc3)cccc21. The zero-order chi connectivity index (χ0) is 34.7. The second kappa shape index (κ2) is 13.0. The van der Waals surface area contributed by atoms with Gasteiger partial charge in [-0.3, -0.25) is 0 Å². The summed E-state index contributed by atoms with van der Waals surface area (Å²) in [5.74, 6) is 0. The number of rotatable bonds is 8. The van der Waals surface area contributed by atoms with Gasteiger partial charge in [-0.15, -0.1) is 0 Å². The summed E-state index contributed by atoms with van der Waals surface area (Å²) in [5.41, 5.74) is 16.3. The van der Waals surface area contributed by atoms with Crippen LogP contribution in [-0.2, 0) is 26.4 Å². The molecule has 48 heavy (non-hydrogen) atoms. The summed E-state index contributed by atoms with van der Waals surface area (Å²) < 4.78 is 0.258. The Bertz CT molecular complexity index is 1900. The van der Waals surface area contributed by atoms with Crippen molar-refractivity contribution in [1.29, 1.82) is 0 Å². The molecule has 6 rings (SSSR count). The van der Waals surface area contributed by atoms with E-state index in [2.05, 4.69) is 159 Å². The van der Waals surface area contributed by atoms with E-state index >= 15 is 0 Å². The Morgan fingerprint density at radius 1 is 0.625 bits per heavy atom. The van der Waals surface area contributed by atoms with Crippen molar-refractivity contribution in [3.63, 3.8) is 0 Å². The molecule has 4 aromatic carbocycles. The first kappa shape index (κ1) is 35.9. The van der Waals surface area contributed by atoms with Crippen molar-refractivity contribution < 1.29 is 15.6 Å². The Labute approximate surface area is 300 Å². The molecule has 0 spiro atoms. The van der Waals surface area contributed by atoms with Crippen LogP contribution in [0.25, 0.3) is 34.4 Å². The molecule has 251 valence electrons. The predicted octanol–water partition coefficient (Wildman–Crippen LogP) is 13.5. The van der Waals surface area contributed by atoms with Crippen LogP contribution in [0, 0.1) is 0 Å². The second-order valence-corrected chi connectivity index (χ2v) is 56.9. The number of allylic oxidation sites excluding steroid dienone is 2.